The van der Waals surface area contributed by atoms with E-state index in [1.54, 1.807) is 0 Å². The lowest BCUT2D eigenvalue weighted by Gasteiger charge is -2.35. The second-order valence-electron chi connectivity index (χ2n) is 8.00. The van der Waals surface area contributed by atoms with Crippen molar-refractivity contribution < 1.29 is 28.8 Å². The average Bonchev–Trinajstić information content (AvgIpc) is 3.17. The molecule has 2 fully saturated rings. The summed E-state index contributed by atoms with van der Waals surface area (Å²) in [5.74, 6) is -0.768. The maximum absolute atomic E-state index is 10.3. The van der Waals surface area contributed by atoms with Gasteiger partial charge in [-0.2, -0.15) is 0 Å². The SMILES string of the molecule is CC1(C)OC2O[C@](CO)(COCc3ccccc3)[C@@H](OCc3ccccc3)[C@H]2O1. The van der Waals surface area contributed by atoms with Crippen molar-refractivity contribution in [1.29, 1.82) is 0 Å². The number of rotatable bonds is 8. The van der Waals surface area contributed by atoms with E-state index in [0.717, 1.165) is 11.1 Å². The van der Waals surface area contributed by atoms with Gasteiger partial charge in [-0.15, -0.1) is 0 Å². The number of aliphatic hydroxyl groups excluding tert-OH is 1. The van der Waals surface area contributed by atoms with Gasteiger partial charge in [-0.1, -0.05) is 60.7 Å². The fourth-order valence-electron chi connectivity index (χ4n) is 3.86. The molecule has 0 amide bonds. The van der Waals surface area contributed by atoms with Gasteiger partial charge in [0.15, 0.2) is 12.1 Å². The smallest absolute Gasteiger partial charge is 0.190 e. The Hall–Kier alpha value is -1.80. The molecule has 29 heavy (non-hydrogen) atoms. The van der Waals surface area contributed by atoms with Crippen molar-refractivity contribution in [1.82, 2.24) is 0 Å². The van der Waals surface area contributed by atoms with Gasteiger partial charge >= 0.3 is 0 Å². The maximum Gasteiger partial charge on any atom is 0.190 e. The van der Waals surface area contributed by atoms with Crippen molar-refractivity contribution in [3.63, 3.8) is 0 Å². The number of ether oxygens (including phenoxy) is 5. The van der Waals surface area contributed by atoms with E-state index in [4.69, 9.17) is 23.7 Å². The topological polar surface area (TPSA) is 66.4 Å². The summed E-state index contributed by atoms with van der Waals surface area (Å²) in [6.45, 7) is 4.38. The van der Waals surface area contributed by atoms with Gasteiger partial charge in [0, 0.05) is 0 Å². The van der Waals surface area contributed by atoms with Crippen molar-refractivity contribution in [3.05, 3.63) is 71.8 Å². The highest BCUT2D eigenvalue weighted by Gasteiger charge is 2.62. The third-order valence-corrected chi connectivity index (χ3v) is 5.25. The quantitative estimate of drug-likeness (QED) is 0.735. The highest BCUT2D eigenvalue weighted by molar-refractivity contribution is 5.15. The maximum atomic E-state index is 10.3. The third-order valence-electron chi connectivity index (χ3n) is 5.25. The summed E-state index contributed by atoms with van der Waals surface area (Å²) in [5.41, 5.74) is 1.02. The standard InChI is InChI=1S/C23H28O6/c1-22(2)27-19-20(26-14-18-11-7-4-8-12-18)23(15-24,29-21(19)28-22)16-25-13-17-9-5-3-6-10-17/h3-12,19-21,24H,13-16H2,1-2H3/t19-,20+,21?,23-/m1/s1. The minimum atomic E-state index is -1.06. The first kappa shape index (κ1) is 20.5. The van der Waals surface area contributed by atoms with Crippen LogP contribution in [0.5, 0.6) is 0 Å². The molecule has 2 heterocycles. The van der Waals surface area contributed by atoms with Gasteiger partial charge in [-0.05, 0) is 25.0 Å². The van der Waals surface area contributed by atoms with Crippen LogP contribution in [0.2, 0.25) is 0 Å². The Morgan fingerprint density at radius 2 is 1.48 bits per heavy atom. The predicted octanol–water partition coefficient (Wildman–Crippen LogP) is 3.03. The van der Waals surface area contributed by atoms with Crippen molar-refractivity contribution >= 4 is 0 Å². The van der Waals surface area contributed by atoms with Gasteiger partial charge in [0.2, 0.25) is 0 Å². The largest absolute Gasteiger partial charge is 0.393 e. The van der Waals surface area contributed by atoms with Crippen LogP contribution < -0.4 is 0 Å². The number of hydrogen-bond donors (Lipinski definition) is 1. The Balaban J connectivity index is 1.48. The molecule has 4 atom stereocenters. The van der Waals surface area contributed by atoms with Crippen LogP contribution in [0.3, 0.4) is 0 Å². The van der Waals surface area contributed by atoms with Crippen LogP contribution in [0.25, 0.3) is 0 Å². The Morgan fingerprint density at radius 3 is 2.10 bits per heavy atom. The predicted molar refractivity (Wildman–Crippen MR) is 106 cm³/mol. The van der Waals surface area contributed by atoms with E-state index >= 15 is 0 Å². The lowest BCUT2D eigenvalue weighted by molar-refractivity contribution is -0.261. The highest BCUT2D eigenvalue weighted by atomic mass is 16.8. The lowest BCUT2D eigenvalue weighted by atomic mass is 9.96. The molecule has 0 radical (unpaired) electrons. The summed E-state index contributed by atoms with van der Waals surface area (Å²) in [6, 6.07) is 19.8. The molecule has 0 aliphatic carbocycles. The zero-order valence-electron chi connectivity index (χ0n) is 16.8. The zero-order chi connectivity index (χ0) is 20.3. The number of aliphatic hydroxyl groups is 1. The molecule has 1 N–H and O–H groups in total. The monoisotopic (exact) mass is 400 g/mol. The lowest BCUT2D eigenvalue weighted by Crippen LogP contribution is -2.52. The number of hydrogen-bond acceptors (Lipinski definition) is 6. The molecule has 2 saturated heterocycles. The molecule has 2 aliphatic heterocycles. The molecule has 2 aromatic rings. The summed E-state index contributed by atoms with van der Waals surface area (Å²) < 4.78 is 30.2. The Labute approximate surface area is 171 Å². The molecule has 2 aromatic carbocycles. The van der Waals surface area contributed by atoms with E-state index in [0.29, 0.717) is 13.2 Å². The van der Waals surface area contributed by atoms with Crippen LogP contribution in [0.4, 0.5) is 0 Å². The molecule has 156 valence electrons. The molecule has 0 bridgehead atoms. The second kappa shape index (κ2) is 8.52. The van der Waals surface area contributed by atoms with Crippen LogP contribution in [-0.4, -0.2) is 48.2 Å². The zero-order valence-corrected chi connectivity index (χ0v) is 16.8. The van der Waals surface area contributed by atoms with E-state index in [1.807, 2.05) is 74.5 Å². The van der Waals surface area contributed by atoms with Crippen LogP contribution in [0.1, 0.15) is 25.0 Å². The number of fused-ring (bicyclic) bond motifs is 1. The van der Waals surface area contributed by atoms with E-state index < -0.39 is 29.9 Å². The Kier molecular flexibility index (Phi) is 6.01. The van der Waals surface area contributed by atoms with Crippen LogP contribution >= 0.6 is 0 Å². The summed E-state index contributed by atoms with van der Waals surface area (Å²) in [6.07, 6.45) is -1.59. The van der Waals surface area contributed by atoms with Gasteiger partial charge in [0.1, 0.15) is 17.8 Å². The van der Waals surface area contributed by atoms with E-state index in [1.165, 1.54) is 0 Å². The van der Waals surface area contributed by atoms with E-state index in [-0.39, 0.29) is 13.2 Å². The van der Waals surface area contributed by atoms with Crippen molar-refractivity contribution in [2.75, 3.05) is 13.2 Å². The van der Waals surface area contributed by atoms with Gasteiger partial charge in [-0.3, -0.25) is 0 Å². The third kappa shape index (κ3) is 4.53. The van der Waals surface area contributed by atoms with Crippen LogP contribution in [-0.2, 0) is 36.9 Å². The van der Waals surface area contributed by atoms with Gasteiger partial charge in [0.05, 0.1) is 26.4 Å². The van der Waals surface area contributed by atoms with E-state index in [2.05, 4.69) is 0 Å². The summed E-state index contributed by atoms with van der Waals surface area (Å²) in [5, 5.41) is 10.3. The molecular weight excluding hydrogens is 372 g/mol. The molecule has 2 aliphatic rings. The summed E-state index contributed by atoms with van der Waals surface area (Å²) in [7, 11) is 0. The summed E-state index contributed by atoms with van der Waals surface area (Å²) >= 11 is 0. The first-order chi connectivity index (χ1) is 14.0. The first-order valence-corrected chi connectivity index (χ1v) is 9.93. The molecular formula is C23H28O6. The fraction of sp³-hybridized carbons (Fsp3) is 0.478. The molecule has 1 unspecified atom stereocenters. The van der Waals surface area contributed by atoms with Gasteiger partial charge < -0.3 is 28.8 Å². The molecule has 0 saturated carbocycles. The molecule has 6 heteroatoms. The van der Waals surface area contributed by atoms with E-state index in [9.17, 15) is 5.11 Å². The van der Waals surface area contributed by atoms with Gasteiger partial charge in [0.25, 0.3) is 0 Å². The Morgan fingerprint density at radius 1 is 0.862 bits per heavy atom. The Bertz CT molecular complexity index is 780. The summed E-state index contributed by atoms with van der Waals surface area (Å²) in [4.78, 5) is 0. The minimum absolute atomic E-state index is 0.165. The van der Waals surface area contributed by atoms with Crippen LogP contribution in [0, 0.1) is 0 Å². The molecule has 0 spiro atoms. The van der Waals surface area contributed by atoms with Crippen LogP contribution in [0.15, 0.2) is 60.7 Å². The second-order valence-corrected chi connectivity index (χ2v) is 8.00. The first-order valence-electron chi connectivity index (χ1n) is 9.93. The molecule has 0 aromatic heterocycles. The normalized spacial score (nSPS) is 30.4. The minimum Gasteiger partial charge on any atom is -0.393 e. The van der Waals surface area contributed by atoms with Crippen molar-refractivity contribution in [3.8, 4) is 0 Å². The fourth-order valence-corrected chi connectivity index (χ4v) is 3.86. The van der Waals surface area contributed by atoms with Gasteiger partial charge in [-0.25, -0.2) is 0 Å². The number of benzene rings is 2. The van der Waals surface area contributed by atoms with Crippen molar-refractivity contribution in [2.24, 2.45) is 0 Å². The molecule has 4 rings (SSSR count). The highest BCUT2D eigenvalue weighted by Crippen LogP contribution is 2.44. The van der Waals surface area contributed by atoms with Crippen molar-refractivity contribution in [2.45, 2.75) is 56.9 Å². The average molecular weight is 400 g/mol. The molecule has 6 nitrogen and oxygen atoms in total.